The first kappa shape index (κ1) is 11.2. The van der Waals surface area contributed by atoms with Gasteiger partial charge in [0.15, 0.2) is 5.82 Å². The molecule has 0 unspecified atom stereocenters. The van der Waals surface area contributed by atoms with E-state index in [9.17, 15) is 4.11 Å². The lowest BCUT2D eigenvalue weighted by Crippen LogP contribution is -2.04. The van der Waals surface area contributed by atoms with Crippen LogP contribution in [0.4, 0.5) is 0 Å². The topological polar surface area (TPSA) is 48.5 Å². The van der Waals surface area contributed by atoms with Crippen LogP contribution in [0, 0.1) is 0 Å². The van der Waals surface area contributed by atoms with E-state index in [2.05, 4.69) is 15.0 Å². The molecule has 206 valence electrons. The molecule has 0 aliphatic rings. The summed E-state index contributed by atoms with van der Waals surface area (Å²) < 4.78 is 196. The molecule has 0 saturated carbocycles. The van der Waals surface area contributed by atoms with E-state index >= 15 is 0 Å². The van der Waals surface area contributed by atoms with Crippen LogP contribution >= 0.6 is 0 Å². The normalized spacial score (nSPS) is 18.6. The lowest BCUT2D eigenvalue weighted by Gasteiger charge is -2.15. The van der Waals surface area contributed by atoms with Crippen molar-refractivity contribution in [2.75, 3.05) is 0 Å². The van der Waals surface area contributed by atoms with Crippen molar-refractivity contribution in [1.82, 2.24) is 24.1 Å². The second kappa shape index (κ2) is 9.75. The number of fused-ring (bicyclic) bond motifs is 6. The fourth-order valence-electron chi connectivity index (χ4n) is 5.16. The molecule has 0 aliphatic carbocycles. The number of hydrogen-bond acceptors (Lipinski definition) is 3. The number of benzene rings is 5. The third kappa shape index (κ3) is 3.69. The van der Waals surface area contributed by atoms with Crippen LogP contribution in [0.2, 0.25) is 0 Å². The molecular weight excluding hydrogens is 538 g/mol. The third-order valence-corrected chi connectivity index (χ3v) is 6.96. The monoisotopic (exact) mass is 585 g/mol. The summed E-state index contributed by atoms with van der Waals surface area (Å²) in [6, 6.07) is -16.4. The van der Waals surface area contributed by atoms with Crippen LogP contribution in [-0.2, 0) is 0 Å². The molecule has 9 rings (SSSR count). The molecule has 0 radical (unpaired) electrons. The SMILES string of the molecule is [2H]c1c(-c2c([2H])c([2H])c([2H])c([2H])c2[2H])nc(-c2c([2H])c([2H])c([2H])c([2H])c2-n2c3ccncc3c3c([2H])c([2H])c([2H])c([2H])c32)nc1-n1c2c([2H])c([2H])c([2H])c([2H])c2c2c([2H])c([2H])c([2H])c([2H])c21. The zero-order valence-electron chi connectivity index (χ0n) is 44.0. The molecule has 0 saturated heterocycles. The summed E-state index contributed by atoms with van der Waals surface area (Å²) in [5.74, 6) is -1.60. The van der Waals surface area contributed by atoms with Crippen molar-refractivity contribution in [3.05, 3.63) is 151 Å². The largest absolute Gasteiger partial charge is 0.308 e. The molecule has 0 atom stereocenters. The van der Waals surface area contributed by atoms with Gasteiger partial charge < -0.3 is 4.57 Å². The highest BCUT2D eigenvalue weighted by atomic mass is 15.1. The van der Waals surface area contributed by atoms with Gasteiger partial charge in [-0.1, -0.05) is 96.7 Å². The molecule has 0 bridgehead atoms. The zero-order valence-corrected chi connectivity index (χ0v) is 22.0. The highest BCUT2D eigenvalue weighted by molar-refractivity contribution is 6.10. The maximum atomic E-state index is 9.66. The Balaban J connectivity index is 1.58. The van der Waals surface area contributed by atoms with Crippen molar-refractivity contribution in [2.45, 2.75) is 0 Å². The summed E-state index contributed by atoms with van der Waals surface area (Å²) in [6.45, 7) is 0. The van der Waals surface area contributed by atoms with E-state index in [1.165, 1.54) is 18.5 Å². The van der Waals surface area contributed by atoms with Crippen LogP contribution in [0.15, 0.2) is 151 Å². The van der Waals surface area contributed by atoms with Crippen LogP contribution in [0.1, 0.15) is 30.2 Å². The Bertz CT molecular complexity index is 3640. The van der Waals surface area contributed by atoms with Gasteiger partial charge in [-0.15, -0.1) is 0 Å². The minimum Gasteiger partial charge on any atom is -0.308 e. The van der Waals surface area contributed by atoms with E-state index < -0.39 is 189 Å². The molecule has 9 aromatic rings. The van der Waals surface area contributed by atoms with Crippen LogP contribution in [0.5, 0.6) is 0 Å². The Hall–Kier alpha value is -6.07. The molecule has 44 heavy (non-hydrogen) atoms. The summed E-state index contributed by atoms with van der Waals surface area (Å²) in [4.78, 5) is 13.2. The van der Waals surface area contributed by atoms with E-state index in [-0.39, 0.29) is 21.8 Å². The number of pyridine rings is 1. The Labute approximate surface area is 284 Å². The lowest BCUT2D eigenvalue weighted by atomic mass is 10.1. The van der Waals surface area contributed by atoms with Gasteiger partial charge in [0.1, 0.15) is 5.82 Å². The zero-order chi connectivity index (χ0) is 48.2. The highest BCUT2D eigenvalue weighted by Crippen LogP contribution is 2.37. The highest BCUT2D eigenvalue weighted by Gasteiger charge is 2.20. The van der Waals surface area contributed by atoms with E-state index in [0.29, 0.717) is 0 Å². The van der Waals surface area contributed by atoms with Crippen LogP contribution < -0.4 is 0 Å². The first-order chi connectivity index (χ1) is 31.0. The van der Waals surface area contributed by atoms with Crippen LogP contribution in [-0.4, -0.2) is 24.1 Å². The van der Waals surface area contributed by atoms with E-state index in [1.54, 1.807) is 0 Å². The van der Waals surface area contributed by atoms with E-state index in [1.807, 2.05) is 0 Å². The molecule has 0 fully saturated rings. The molecule has 0 N–H and O–H groups in total. The molecular formula is C39H25N5. The second-order valence-corrected chi connectivity index (χ2v) is 9.30. The Morgan fingerprint density at radius 1 is 0.523 bits per heavy atom. The molecule has 5 heteroatoms. The van der Waals surface area contributed by atoms with Gasteiger partial charge in [0.25, 0.3) is 0 Å². The fourth-order valence-corrected chi connectivity index (χ4v) is 5.16. The predicted molar refractivity (Wildman–Crippen MR) is 179 cm³/mol. The average molecular weight is 586 g/mol. The van der Waals surface area contributed by atoms with Gasteiger partial charge in [0.05, 0.1) is 63.6 Å². The maximum Gasteiger partial charge on any atom is 0.164 e. The molecule has 0 aliphatic heterocycles. The molecule has 4 aromatic heterocycles. The molecule has 5 nitrogen and oxygen atoms in total. The van der Waals surface area contributed by atoms with Crippen molar-refractivity contribution in [3.63, 3.8) is 0 Å². The minimum absolute atomic E-state index is 0.0517. The van der Waals surface area contributed by atoms with Crippen molar-refractivity contribution < 1.29 is 30.2 Å². The molecule has 4 heterocycles. The Morgan fingerprint density at radius 3 is 1.84 bits per heavy atom. The van der Waals surface area contributed by atoms with Gasteiger partial charge in [-0.2, -0.15) is 0 Å². The predicted octanol–water partition coefficient (Wildman–Crippen LogP) is 9.40. The first-order valence-corrected chi connectivity index (χ1v) is 12.9. The lowest BCUT2D eigenvalue weighted by molar-refractivity contribution is 1.04. The van der Waals surface area contributed by atoms with E-state index in [0.717, 1.165) is 9.13 Å². The molecule has 0 amide bonds. The summed E-state index contributed by atoms with van der Waals surface area (Å²) >= 11 is 0. The van der Waals surface area contributed by atoms with Crippen LogP contribution in [0.3, 0.4) is 0 Å². The summed E-state index contributed by atoms with van der Waals surface area (Å²) in [6.07, 6.45) is 2.58. The van der Waals surface area contributed by atoms with E-state index in [4.69, 9.17) is 26.0 Å². The quantitative estimate of drug-likeness (QED) is 0.207. The Morgan fingerprint density at radius 2 is 1.11 bits per heavy atom. The third-order valence-electron chi connectivity index (χ3n) is 6.96. The van der Waals surface area contributed by atoms with Gasteiger partial charge >= 0.3 is 0 Å². The smallest absolute Gasteiger partial charge is 0.164 e. The summed E-state index contributed by atoms with van der Waals surface area (Å²) in [5.41, 5.74) is -4.05. The van der Waals surface area contributed by atoms with Gasteiger partial charge in [0.2, 0.25) is 0 Å². The standard InChI is InChI=1S/C39H25N5/c1-2-12-26(13-3-1)32-24-38(44-34-19-9-4-14-27(34)28-15-5-10-20-35(28)44)42-39(41-32)30-17-7-11-21-36(30)43-33-18-8-6-16-29(33)31-25-40-23-22-37(31)43/h1-25H/i1D,2D,3D,4D,5D,6D,7D,8D,9D,10D,11D,12D,13D,14D,15D,16D,17D,18D,19D,20D,21D,24D. The number of nitrogens with zero attached hydrogens (tertiary/aromatic N) is 5. The van der Waals surface area contributed by atoms with Crippen LogP contribution in [0.25, 0.3) is 77.8 Å². The van der Waals surface area contributed by atoms with Gasteiger partial charge in [0, 0.05) is 51.1 Å². The van der Waals surface area contributed by atoms with Crippen molar-refractivity contribution in [2.24, 2.45) is 0 Å². The summed E-state index contributed by atoms with van der Waals surface area (Å²) in [5, 5.41) is -0.863. The summed E-state index contributed by atoms with van der Waals surface area (Å²) in [7, 11) is 0. The second-order valence-electron chi connectivity index (χ2n) is 9.30. The molecule has 5 aromatic carbocycles. The number of aromatic nitrogens is 5. The average Bonchev–Trinajstić information content (AvgIpc) is 3.84. The number of para-hydroxylation sites is 4. The Kier molecular flexibility index (Phi) is 2.48. The van der Waals surface area contributed by atoms with Crippen molar-refractivity contribution in [3.8, 4) is 34.2 Å². The number of hydrogen-bond donors (Lipinski definition) is 0. The van der Waals surface area contributed by atoms with Crippen molar-refractivity contribution in [1.29, 1.82) is 0 Å². The van der Waals surface area contributed by atoms with Crippen molar-refractivity contribution >= 4 is 43.6 Å². The number of rotatable bonds is 4. The fraction of sp³-hybridized carbons (Fsp3) is 0. The molecule has 0 spiro atoms. The minimum atomic E-state index is -0.935. The first-order valence-electron chi connectivity index (χ1n) is 23.9. The van der Waals surface area contributed by atoms with Gasteiger partial charge in [-0.3, -0.25) is 9.55 Å². The van der Waals surface area contributed by atoms with Gasteiger partial charge in [-0.25, -0.2) is 9.97 Å². The van der Waals surface area contributed by atoms with Gasteiger partial charge in [-0.05, 0) is 36.3 Å². The maximum absolute atomic E-state index is 9.66.